The second-order valence-corrected chi connectivity index (χ2v) is 5.50. The zero-order valence-corrected chi connectivity index (χ0v) is 13.8. The Labute approximate surface area is 139 Å². The lowest BCUT2D eigenvalue weighted by molar-refractivity contribution is -0.116. The number of benzene rings is 2. The maximum atomic E-state index is 12.3. The number of amides is 1. The Morgan fingerprint density at radius 1 is 1.21 bits per heavy atom. The molecule has 2 N–H and O–H groups in total. The van der Waals surface area contributed by atoms with E-state index in [9.17, 15) is 4.79 Å². The number of rotatable bonds is 5. The Bertz CT molecular complexity index is 873. The van der Waals surface area contributed by atoms with Gasteiger partial charge in [0.25, 0.3) is 0 Å². The van der Waals surface area contributed by atoms with Crippen LogP contribution in [0.1, 0.15) is 12.8 Å². The highest BCUT2D eigenvalue weighted by Crippen LogP contribution is 2.21. The number of anilines is 2. The molecule has 0 aliphatic heterocycles. The molecular weight excluding hydrogens is 306 g/mol. The van der Waals surface area contributed by atoms with Gasteiger partial charge in [-0.2, -0.15) is 0 Å². The van der Waals surface area contributed by atoms with Gasteiger partial charge in [0.15, 0.2) is 11.5 Å². The number of hydrogen-bond donors (Lipinski definition) is 2. The summed E-state index contributed by atoms with van der Waals surface area (Å²) >= 11 is 0. The van der Waals surface area contributed by atoms with E-state index in [4.69, 9.17) is 9.15 Å². The van der Waals surface area contributed by atoms with Gasteiger partial charge in [0.05, 0.1) is 7.11 Å². The zero-order valence-electron chi connectivity index (χ0n) is 13.8. The number of hydrogen-bond acceptors (Lipinski definition) is 5. The van der Waals surface area contributed by atoms with Crippen LogP contribution in [0.2, 0.25) is 0 Å². The van der Waals surface area contributed by atoms with Crippen LogP contribution >= 0.6 is 0 Å². The summed E-state index contributed by atoms with van der Waals surface area (Å²) in [5.74, 6) is 1.17. The minimum absolute atomic E-state index is 0.139. The second kappa shape index (κ2) is 6.62. The van der Waals surface area contributed by atoms with Crippen molar-refractivity contribution in [3.8, 4) is 5.75 Å². The number of nitrogens with zero attached hydrogens (tertiary/aromatic N) is 1. The first-order valence-electron chi connectivity index (χ1n) is 7.64. The van der Waals surface area contributed by atoms with E-state index in [0.717, 1.165) is 16.8 Å². The minimum Gasteiger partial charge on any atom is -0.497 e. The van der Waals surface area contributed by atoms with Crippen LogP contribution in [-0.4, -0.2) is 24.0 Å². The molecule has 0 bridgehead atoms. The predicted molar refractivity (Wildman–Crippen MR) is 93.5 cm³/mol. The molecule has 1 amide bonds. The summed E-state index contributed by atoms with van der Waals surface area (Å²) in [7, 11) is 1.59. The number of ether oxygens (including phenoxy) is 1. The molecule has 0 spiro atoms. The summed E-state index contributed by atoms with van der Waals surface area (Å²) in [6.07, 6.45) is 0. The van der Waals surface area contributed by atoms with Crippen molar-refractivity contribution < 1.29 is 13.9 Å². The molecule has 0 saturated carbocycles. The first kappa shape index (κ1) is 15.9. The molecule has 0 radical (unpaired) electrons. The summed E-state index contributed by atoms with van der Waals surface area (Å²) < 4.78 is 10.6. The number of aromatic nitrogens is 1. The van der Waals surface area contributed by atoms with Crippen LogP contribution in [0.5, 0.6) is 5.75 Å². The fraction of sp³-hybridized carbons (Fsp3) is 0.222. The van der Waals surface area contributed by atoms with Crippen molar-refractivity contribution in [2.45, 2.75) is 19.9 Å². The molecule has 6 heteroatoms. The van der Waals surface area contributed by atoms with Crippen LogP contribution in [0.15, 0.2) is 46.9 Å². The van der Waals surface area contributed by atoms with Crippen molar-refractivity contribution in [1.82, 2.24) is 4.98 Å². The van der Waals surface area contributed by atoms with Gasteiger partial charge >= 0.3 is 0 Å². The Hall–Kier alpha value is -3.02. The molecule has 0 aliphatic rings. The standard InChI is InChI=1S/C18H19N3O3/c1-11(18(22)21-13-5-4-6-15(9-13)23-3)19-14-7-8-17-16(10-14)20-12(2)24-17/h4-11,19H,1-3H3,(H,21,22). The van der Waals surface area contributed by atoms with Crippen LogP contribution in [-0.2, 0) is 4.79 Å². The molecule has 0 saturated heterocycles. The number of oxazole rings is 1. The average molecular weight is 325 g/mol. The molecular formula is C18H19N3O3. The molecule has 1 aromatic heterocycles. The van der Waals surface area contributed by atoms with Crippen LogP contribution in [0, 0.1) is 6.92 Å². The second-order valence-electron chi connectivity index (χ2n) is 5.50. The normalized spacial score (nSPS) is 12.0. The summed E-state index contributed by atoms with van der Waals surface area (Å²) in [6.45, 7) is 3.60. The fourth-order valence-corrected chi connectivity index (χ4v) is 2.40. The third kappa shape index (κ3) is 3.48. The molecule has 0 fully saturated rings. The Balaban J connectivity index is 1.68. The molecule has 2 aromatic carbocycles. The Kier molecular flexibility index (Phi) is 4.37. The largest absolute Gasteiger partial charge is 0.497 e. The van der Waals surface area contributed by atoms with Gasteiger partial charge in [0.1, 0.15) is 17.3 Å². The van der Waals surface area contributed by atoms with Crippen LogP contribution in [0.3, 0.4) is 0 Å². The smallest absolute Gasteiger partial charge is 0.246 e. The van der Waals surface area contributed by atoms with E-state index in [2.05, 4.69) is 15.6 Å². The topological polar surface area (TPSA) is 76.4 Å². The van der Waals surface area contributed by atoms with Crippen molar-refractivity contribution in [3.05, 3.63) is 48.4 Å². The van der Waals surface area contributed by atoms with Gasteiger partial charge in [0.2, 0.25) is 5.91 Å². The van der Waals surface area contributed by atoms with Crippen LogP contribution in [0.4, 0.5) is 11.4 Å². The van der Waals surface area contributed by atoms with Gasteiger partial charge in [-0.1, -0.05) is 6.07 Å². The monoisotopic (exact) mass is 325 g/mol. The fourth-order valence-electron chi connectivity index (χ4n) is 2.40. The summed E-state index contributed by atoms with van der Waals surface area (Å²) in [5, 5.41) is 6.03. The third-order valence-corrected chi connectivity index (χ3v) is 3.61. The van der Waals surface area contributed by atoms with Crippen molar-refractivity contribution in [2.75, 3.05) is 17.7 Å². The van der Waals surface area contributed by atoms with E-state index in [1.165, 1.54) is 0 Å². The lowest BCUT2D eigenvalue weighted by Gasteiger charge is -2.15. The van der Waals surface area contributed by atoms with Gasteiger partial charge in [-0.15, -0.1) is 0 Å². The minimum atomic E-state index is -0.415. The lowest BCUT2D eigenvalue weighted by Crippen LogP contribution is -2.31. The molecule has 24 heavy (non-hydrogen) atoms. The first-order valence-corrected chi connectivity index (χ1v) is 7.64. The van der Waals surface area contributed by atoms with Gasteiger partial charge in [-0.3, -0.25) is 4.79 Å². The quantitative estimate of drug-likeness (QED) is 0.750. The zero-order chi connectivity index (χ0) is 17.1. The maximum Gasteiger partial charge on any atom is 0.246 e. The maximum absolute atomic E-state index is 12.3. The Morgan fingerprint density at radius 2 is 2.04 bits per heavy atom. The first-order chi connectivity index (χ1) is 11.5. The lowest BCUT2D eigenvalue weighted by atomic mass is 10.2. The van der Waals surface area contributed by atoms with E-state index < -0.39 is 6.04 Å². The van der Waals surface area contributed by atoms with E-state index in [1.807, 2.05) is 36.4 Å². The summed E-state index contributed by atoms with van der Waals surface area (Å²) in [6, 6.07) is 12.4. The number of methoxy groups -OCH3 is 1. The molecule has 1 unspecified atom stereocenters. The van der Waals surface area contributed by atoms with E-state index in [0.29, 0.717) is 17.3 Å². The van der Waals surface area contributed by atoms with Crippen molar-refractivity contribution in [2.24, 2.45) is 0 Å². The highest BCUT2D eigenvalue weighted by molar-refractivity contribution is 5.96. The predicted octanol–water partition coefficient (Wildman–Crippen LogP) is 3.58. The van der Waals surface area contributed by atoms with E-state index in [-0.39, 0.29) is 5.91 Å². The highest BCUT2D eigenvalue weighted by atomic mass is 16.5. The number of aryl methyl sites for hydroxylation is 1. The molecule has 3 rings (SSSR count). The van der Waals surface area contributed by atoms with Crippen LogP contribution < -0.4 is 15.4 Å². The van der Waals surface area contributed by atoms with E-state index in [1.54, 1.807) is 27.0 Å². The number of carbonyl (C=O) groups excluding carboxylic acids is 1. The van der Waals surface area contributed by atoms with E-state index >= 15 is 0 Å². The number of carbonyl (C=O) groups is 1. The van der Waals surface area contributed by atoms with Crippen molar-refractivity contribution >= 4 is 28.4 Å². The summed E-state index contributed by atoms with van der Waals surface area (Å²) in [5.41, 5.74) is 2.99. The molecule has 124 valence electrons. The van der Waals surface area contributed by atoms with Crippen molar-refractivity contribution in [3.63, 3.8) is 0 Å². The van der Waals surface area contributed by atoms with Gasteiger partial charge in [-0.05, 0) is 37.3 Å². The molecule has 1 atom stereocenters. The molecule has 0 aliphatic carbocycles. The molecule has 6 nitrogen and oxygen atoms in total. The summed E-state index contributed by atoms with van der Waals surface area (Å²) in [4.78, 5) is 16.6. The van der Waals surface area contributed by atoms with Gasteiger partial charge in [-0.25, -0.2) is 4.98 Å². The van der Waals surface area contributed by atoms with Gasteiger partial charge < -0.3 is 19.8 Å². The molecule has 3 aromatic rings. The third-order valence-electron chi connectivity index (χ3n) is 3.61. The SMILES string of the molecule is COc1cccc(NC(=O)C(C)Nc2ccc3oc(C)nc3c2)c1. The van der Waals surface area contributed by atoms with Crippen LogP contribution in [0.25, 0.3) is 11.1 Å². The Morgan fingerprint density at radius 3 is 2.83 bits per heavy atom. The average Bonchev–Trinajstić information content (AvgIpc) is 2.94. The highest BCUT2D eigenvalue weighted by Gasteiger charge is 2.14. The van der Waals surface area contributed by atoms with Gasteiger partial charge in [0, 0.05) is 24.4 Å². The number of fused-ring (bicyclic) bond motifs is 1. The number of nitrogens with one attached hydrogen (secondary N) is 2. The molecule has 1 heterocycles. The van der Waals surface area contributed by atoms with Crippen molar-refractivity contribution in [1.29, 1.82) is 0 Å².